The maximum Gasteiger partial charge on any atom is 0.257 e. The molecule has 21 heavy (non-hydrogen) atoms. The minimum atomic E-state index is -0.532. The van der Waals surface area contributed by atoms with E-state index in [1.54, 1.807) is 18.2 Å². The maximum atomic E-state index is 13.5. The molecule has 0 spiro atoms. The van der Waals surface area contributed by atoms with Gasteiger partial charge in [-0.1, -0.05) is 0 Å². The summed E-state index contributed by atoms with van der Waals surface area (Å²) in [5.41, 5.74) is 0.752. The fourth-order valence-corrected chi connectivity index (χ4v) is 1.76. The number of hydrogen-bond acceptors (Lipinski definition) is 4. The lowest BCUT2D eigenvalue weighted by atomic mass is 10.2. The molecule has 5 nitrogen and oxygen atoms in total. The average Bonchev–Trinajstić information content (AvgIpc) is 2.48. The van der Waals surface area contributed by atoms with E-state index in [0.29, 0.717) is 17.1 Å². The van der Waals surface area contributed by atoms with E-state index in [1.165, 1.54) is 25.4 Å². The van der Waals surface area contributed by atoms with Crippen molar-refractivity contribution in [2.75, 3.05) is 24.3 Å². The summed E-state index contributed by atoms with van der Waals surface area (Å²) in [6, 6.07) is 7.60. The normalized spacial score (nSPS) is 10.0. The van der Waals surface area contributed by atoms with Crippen LogP contribution in [0, 0.1) is 5.82 Å². The zero-order chi connectivity index (χ0) is 15.2. The van der Waals surface area contributed by atoms with Crippen LogP contribution in [-0.4, -0.2) is 24.5 Å². The van der Waals surface area contributed by atoms with Gasteiger partial charge in [0.2, 0.25) is 0 Å². The number of ether oxygens (including phenoxy) is 1. The monoisotopic (exact) mass is 289 g/mol. The molecule has 0 radical (unpaired) electrons. The molecule has 1 heterocycles. The predicted molar refractivity (Wildman–Crippen MR) is 79.3 cm³/mol. The number of aromatic nitrogens is 1. The van der Waals surface area contributed by atoms with Gasteiger partial charge in [-0.25, -0.2) is 9.37 Å². The molecule has 0 unspecified atom stereocenters. The number of rotatable bonds is 5. The summed E-state index contributed by atoms with van der Waals surface area (Å²) in [6.07, 6.45) is 1.47. The molecule has 110 valence electrons. The van der Waals surface area contributed by atoms with Crippen molar-refractivity contribution in [1.82, 2.24) is 4.98 Å². The van der Waals surface area contributed by atoms with Crippen molar-refractivity contribution in [3.05, 3.63) is 47.9 Å². The Morgan fingerprint density at radius 2 is 2.14 bits per heavy atom. The first kappa shape index (κ1) is 14.8. The number of methoxy groups -OCH3 is 1. The number of carbonyl (C=O) groups excluding carboxylic acids is 1. The van der Waals surface area contributed by atoms with Crippen LogP contribution in [0.5, 0.6) is 5.75 Å². The minimum absolute atomic E-state index is 0.129. The maximum absolute atomic E-state index is 13.5. The van der Waals surface area contributed by atoms with Gasteiger partial charge in [-0.3, -0.25) is 4.79 Å². The second-order valence-corrected chi connectivity index (χ2v) is 4.27. The van der Waals surface area contributed by atoms with Crippen LogP contribution in [0.4, 0.5) is 15.9 Å². The van der Waals surface area contributed by atoms with Crippen molar-refractivity contribution < 1.29 is 13.9 Å². The lowest BCUT2D eigenvalue weighted by Crippen LogP contribution is -2.12. The van der Waals surface area contributed by atoms with Crippen LogP contribution < -0.4 is 15.4 Å². The molecule has 1 aromatic carbocycles. The molecule has 0 saturated carbocycles. The van der Waals surface area contributed by atoms with Gasteiger partial charge in [0.15, 0.2) is 11.6 Å². The van der Waals surface area contributed by atoms with Gasteiger partial charge in [0.25, 0.3) is 5.91 Å². The molecular formula is C15H16FN3O2. The first-order chi connectivity index (χ1) is 10.1. The fraction of sp³-hybridized carbons (Fsp3) is 0.200. The number of amides is 1. The molecule has 0 aliphatic heterocycles. The highest BCUT2D eigenvalue weighted by atomic mass is 19.1. The molecule has 1 aromatic heterocycles. The van der Waals surface area contributed by atoms with Gasteiger partial charge in [-0.2, -0.15) is 0 Å². The molecule has 0 bridgehead atoms. The Kier molecular flexibility index (Phi) is 4.71. The number of nitrogens with one attached hydrogen (secondary N) is 2. The molecule has 0 aliphatic rings. The highest BCUT2D eigenvalue weighted by Gasteiger charge is 2.09. The molecule has 0 fully saturated rings. The molecule has 2 aromatic rings. The zero-order valence-corrected chi connectivity index (χ0v) is 11.8. The molecule has 0 aliphatic carbocycles. The lowest BCUT2D eigenvalue weighted by Gasteiger charge is -2.08. The Morgan fingerprint density at radius 3 is 2.71 bits per heavy atom. The van der Waals surface area contributed by atoms with E-state index in [4.69, 9.17) is 4.74 Å². The van der Waals surface area contributed by atoms with Gasteiger partial charge in [-0.15, -0.1) is 0 Å². The number of anilines is 2. The quantitative estimate of drug-likeness (QED) is 0.888. The number of benzene rings is 1. The van der Waals surface area contributed by atoms with Gasteiger partial charge >= 0.3 is 0 Å². The van der Waals surface area contributed by atoms with Crippen LogP contribution in [-0.2, 0) is 0 Å². The second kappa shape index (κ2) is 6.69. The van der Waals surface area contributed by atoms with E-state index in [1.807, 2.05) is 6.92 Å². The van der Waals surface area contributed by atoms with Crippen LogP contribution in [0.2, 0.25) is 0 Å². The van der Waals surface area contributed by atoms with Gasteiger partial charge < -0.3 is 15.4 Å². The van der Waals surface area contributed by atoms with Gasteiger partial charge in [0, 0.05) is 24.5 Å². The summed E-state index contributed by atoms with van der Waals surface area (Å²) in [5.74, 6) is -0.0553. The van der Waals surface area contributed by atoms with Crippen LogP contribution in [0.3, 0.4) is 0 Å². The van der Waals surface area contributed by atoms with Gasteiger partial charge in [0.05, 0.1) is 12.7 Å². The SMILES string of the molecule is CCNc1ccc(C(=O)Nc2ccc(OC)c(F)c2)cn1. The Labute approximate surface area is 122 Å². The summed E-state index contributed by atoms with van der Waals surface area (Å²) < 4.78 is 18.4. The van der Waals surface area contributed by atoms with Gasteiger partial charge in [-0.05, 0) is 31.2 Å². The molecule has 0 atom stereocenters. The number of pyridine rings is 1. The van der Waals surface area contributed by atoms with E-state index >= 15 is 0 Å². The first-order valence-electron chi connectivity index (χ1n) is 6.49. The van der Waals surface area contributed by atoms with Crippen molar-refractivity contribution in [3.63, 3.8) is 0 Å². The Balaban J connectivity index is 2.08. The highest BCUT2D eigenvalue weighted by Crippen LogP contribution is 2.21. The van der Waals surface area contributed by atoms with E-state index in [9.17, 15) is 9.18 Å². The van der Waals surface area contributed by atoms with E-state index in [0.717, 1.165) is 6.54 Å². The topological polar surface area (TPSA) is 63.2 Å². The first-order valence-corrected chi connectivity index (χ1v) is 6.49. The Morgan fingerprint density at radius 1 is 1.33 bits per heavy atom. The summed E-state index contributed by atoms with van der Waals surface area (Å²) in [4.78, 5) is 16.1. The van der Waals surface area contributed by atoms with Crippen molar-refractivity contribution in [3.8, 4) is 5.75 Å². The highest BCUT2D eigenvalue weighted by molar-refractivity contribution is 6.04. The van der Waals surface area contributed by atoms with Crippen molar-refractivity contribution in [1.29, 1.82) is 0 Å². The number of halogens is 1. The Bertz CT molecular complexity index is 629. The number of carbonyl (C=O) groups is 1. The Hall–Kier alpha value is -2.63. The predicted octanol–water partition coefficient (Wildman–Crippen LogP) is 2.91. The lowest BCUT2D eigenvalue weighted by molar-refractivity contribution is 0.102. The largest absolute Gasteiger partial charge is 0.494 e. The number of hydrogen-bond donors (Lipinski definition) is 2. The molecule has 0 saturated heterocycles. The fourth-order valence-electron chi connectivity index (χ4n) is 1.76. The standard InChI is InChI=1S/C15H16FN3O2/c1-3-17-14-7-4-10(9-18-14)15(20)19-11-5-6-13(21-2)12(16)8-11/h4-9H,3H2,1-2H3,(H,17,18)(H,19,20). The molecule has 2 N–H and O–H groups in total. The molecule has 2 rings (SSSR count). The number of nitrogens with zero attached hydrogens (tertiary/aromatic N) is 1. The molecule has 1 amide bonds. The van der Waals surface area contributed by atoms with Crippen LogP contribution >= 0.6 is 0 Å². The average molecular weight is 289 g/mol. The van der Waals surface area contributed by atoms with Crippen LogP contribution in [0.15, 0.2) is 36.5 Å². The molecular weight excluding hydrogens is 273 g/mol. The van der Waals surface area contributed by atoms with E-state index in [2.05, 4.69) is 15.6 Å². The van der Waals surface area contributed by atoms with E-state index in [-0.39, 0.29) is 11.7 Å². The second-order valence-electron chi connectivity index (χ2n) is 4.27. The summed E-state index contributed by atoms with van der Waals surface area (Å²) in [7, 11) is 1.38. The third-order valence-corrected chi connectivity index (χ3v) is 2.79. The van der Waals surface area contributed by atoms with Crippen molar-refractivity contribution in [2.24, 2.45) is 0 Å². The van der Waals surface area contributed by atoms with E-state index < -0.39 is 5.82 Å². The third kappa shape index (κ3) is 3.68. The summed E-state index contributed by atoms with van der Waals surface area (Å²) >= 11 is 0. The van der Waals surface area contributed by atoms with Crippen LogP contribution in [0.25, 0.3) is 0 Å². The smallest absolute Gasteiger partial charge is 0.257 e. The summed E-state index contributed by atoms with van der Waals surface area (Å²) in [5, 5.41) is 5.64. The van der Waals surface area contributed by atoms with Crippen molar-refractivity contribution in [2.45, 2.75) is 6.92 Å². The van der Waals surface area contributed by atoms with Crippen LogP contribution in [0.1, 0.15) is 17.3 Å². The third-order valence-electron chi connectivity index (χ3n) is 2.79. The zero-order valence-electron chi connectivity index (χ0n) is 11.8. The van der Waals surface area contributed by atoms with Crippen molar-refractivity contribution >= 4 is 17.4 Å². The molecule has 6 heteroatoms. The van der Waals surface area contributed by atoms with Gasteiger partial charge in [0.1, 0.15) is 5.82 Å². The minimum Gasteiger partial charge on any atom is -0.494 e. The summed E-state index contributed by atoms with van der Waals surface area (Å²) in [6.45, 7) is 2.71.